The molecule has 4 aromatic rings. The lowest BCUT2D eigenvalue weighted by molar-refractivity contribution is 0.281. The Morgan fingerprint density at radius 1 is 0.444 bits per heavy atom. The summed E-state index contributed by atoms with van der Waals surface area (Å²) < 4.78 is 31.9. The molecule has 0 unspecified atom stereocenters. The molecule has 0 fully saturated rings. The summed E-state index contributed by atoms with van der Waals surface area (Å²) in [6, 6.07) is 32.0. The average molecular weight is 524 g/mol. The fourth-order valence-electron chi connectivity index (χ4n) is 3.76. The topological polar surface area (TPSA) is 134 Å². The van der Waals surface area contributed by atoms with Gasteiger partial charge in [0.1, 0.15) is 11.5 Å². The van der Waals surface area contributed by atoms with Gasteiger partial charge in [0.25, 0.3) is 0 Å². The number of phosphoric ester groups is 2. The van der Waals surface area contributed by atoms with Crippen LogP contribution in [0.5, 0.6) is 11.5 Å². The highest BCUT2D eigenvalue weighted by molar-refractivity contribution is 7.47. The normalized spacial score (nSPS) is 12.6. The first kappa shape index (κ1) is 25.6. The Bertz CT molecular complexity index is 1330. The third-order valence-corrected chi connectivity index (χ3v) is 6.01. The van der Waals surface area contributed by atoms with Gasteiger partial charge >= 0.3 is 15.6 Å². The fourth-order valence-corrected chi connectivity index (χ4v) is 4.55. The van der Waals surface area contributed by atoms with Crippen molar-refractivity contribution in [3.8, 4) is 11.5 Å². The van der Waals surface area contributed by atoms with Crippen molar-refractivity contribution < 1.29 is 37.8 Å². The number of phosphoric acid groups is 2. The van der Waals surface area contributed by atoms with Crippen LogP contribution < -0.4 is 9.05 Å². The van der Waals surface area contributed by atoms with E-state index in [0.717, 1.165) is 33.4 Å². The SMILES string of the molecule is O=P(O)(O)Oc1ccc(/C(=C(\c2ccccc2)c2ccc(OP(=O)(O)O)cc2)c2ccccc2)cc1. The zero-order valence-electron chi connectivity index (χ0n) is 18.7. The second-order valence-electron chi connectivity index (χ2n) is 7.69. The molecule has 0 aliphatic carbocycles. The Morgan fingerprint density at radius 3 is 1.00 bits per heavy atom. The maximum Gasteiger partial charge on any atom is 0.524 e. The van der Waals surface area contributed by atoms with Gasteiger partial charge in [-0.3, -0.25) is 19.6 Å². The summed E-state index contributed by atoms with van der Waals surface area (Å²) in [6.07, 6.45) is 0. The predicted molar refractivity (Wildman–Crippen MR) is 136 cm³/mol. The van der Waals surface area contributed by atoms with Gasteiger partial charge in [-0.25, -0.2) is 9.13 Å². The van der Waals surface area contributed by atoms with Crippen molar-refractivity contribution in [2.45, 2.75) is 0 Å². The molecule has 0 amide bonds. The second kappa shape index (κ2) is 10.6. The summed E-state index contributed by atoms with van der Waals surface area (Å²) >= 11 is 0. The van der Waals surface area contributed by atoms with Gasteiger partial charge < -0.3 is 9.05 Å². The lowest BCUT2D eigenvalue weighted by Gasteiger charge is -2.19. The smallest absolute Gasteiger partial charge is 0.404 e. The Balaban J connectivity index is 1.93. The van der Waals surface area contributed by atoms with Crippen LogP contribution >= 0.6 is 15.6 Å². The molecule has 0 spiro atoms. The molecular weight excluding hydrogens is 502 g/mol. The third-order valence-electron chi connectivity index (χ3n) is 5.11. The van der Waals surface area contributed by atoms with Crippen molar-refractivity contribution in [1.82, 2.24) is 0 Å². The molecule has 0 saturated carbocycles. The van der Waals surface area contributed by atoms with Crippen molar-refractivity contribution in [2.75, 3.05) is 0 Å². The van der Waals surface area contributed by atoms with E-state index in [0.29, 0.717) is 0 Å². The molecule has 0 bridgehead atoms. The molecule has 10 heteroatoms. The quantitative estimate of drug-likeness (QED) is 0.172. The molecule has 8 nitrogen and oxygen atoms in total. The first-order chi connectivity index (χ1) is 17.1. The molecular formula is C26H22O8P2. The molecule has 4 N–H and O–H groups in total. The van der Waals surface area contributed by atoms with E-state index in [1.165, 1.54) is 24.3 Å². The van der Waals surface area contributed by atoms with Gasteiger partial charge in [0, 0.05) is 0 Å². The lowest BCUT2D eigenvalue weighted by atomic mass is 9.86. The molecule has 4 rings (SSSR count). The number of benzene rings is 4. The summed E-state index contributed by atoms with van der Waals surface area (Å²) in [5.41, 5.74) is 4.94. The van der Waals surface area contributed by atoms with Crippen molar-refractivity contribution in [3.63, 3.8) is 0 Å². The Labute approximate surface area is 207 Å². The molecule has 0 heterocycles. The van der Waals surface area contributed by atoms with Crippen LogP contribution in [0.25, 0.3) is 11.1 Å². The van der Waals surface area contributed by atoms with E-state index in [1.807, 2.05) is 60.7 Å². The van der Waals surface area contributed by atoms with E-state index < -0.39 is 15.6 Å². The third kappa shape index (κ3) is 6.80. The number of hydrogen-bond donors (Lipinski definition) is 4. The van der Waals surface area contributed by atoms with Crippen LogP contribution in [0.1, 0.15) is 22.3 Å². The molecule has 184 valence electrons. The van der Waals surface area contributed by atoms with Gasteiger partial charge in [-0.15, -0.1) is 0 Å². The minimum Gasteiger partial charge on any atom is -0.404 e. The van der Waals surface area contributed by atoms with E-state index in [4.69, 9.17) is 28.6 Å². The standard InChI is InChI=1S/C26H22O8P2/c27-35(28,29)33-23-15-11-21(12-16-23)25(19-7-3-1-4-8-19)26(20-9-5-2-6-10-20)22-13-17-24(18-14-22)34-36(30,31)32/h1-18H,(H2,27,28,29)(H2,30,31,32)/b26-25+. The van der Waals surface area contributed by atoms with E-state index >= 15 is 0 Å². The van der Waals surface area contributed by atoms with Crippen LogP contribution in [0.3, 0.4) is 0 Å². The van der Waals surface area contributed by atoms with Gasteiger partial charge in [0.05, 0.1) is 0 Å². The van der Waals surface area contributed by atoms with E-state index in [2.05, 4.69) is 0 Å². The van der Waals surface area contributed by atoms with E-state index in [9.17, 15) is 9.13 Å². The zero-order chi connectivity index (χ0) is 25.8. The highest BCUT2D eigenvalue weighted by Gasteiger charge is 2.20. The molecule has 0 aliphatic rings. The minimum absolute atomic E-state index is 0.0275. The summed E-state index contributed by atoms with van der Waals surface area (Å²) in [5.74, 6) is 0.0550. The van der Waals surface area contributed by atoms with Crippen molar-refractivity contribution in [3.05, 3.63) is 131 Å². The van der Waals surface area contributed by atoms with E-state index in [1.54, 1.807) is 24.3 Å². The van der Waals surface area contributed by atoms with Gasteiger partial charge in [-0.1, -0.05) is 84.9 Å². The minimum atomic E-state index is -4.70. The summed E-state index contributed by atoms with van der Waals surface area (Å²) in [6.45, 7) is 0. The summed E-state index contributed by atoms with van der Waals surface area (Å²) in [4.78, 5) is 36.5. The fraction of sp³-hybridized carbons (Fsp3) is 0. The van der Waals surface area contributed by atoms with Crippen LogP contribution in [-0.2, 0) is 9.13 Å². The van der Waals surface area contributed by atoms with Crippen LogP contribution in [0.2, 0.25) is 0 Å². The van der Waals surface area contributed by atoms with Crippen LogP contribution in [0.4, 0.5) is 0 Å². The highest BCUT2D eigenvalue weighted by atomic mass is 31.2. The number of hydrogen-bond acceptors (Lipinski definition) is 4. The molecule has 0 aromatic heterocycles. The predicted octanol–water partition coefficient (Wildman–Crippen LogP) is 5.64. The molecule has 0 radical (unpaired) electrons. The average Bonchev–Trinajstić information content (AvgIpc) is 2.83. The van der Waals surface area contributed by atoms with Crippen LogP contribution in [0, 0.1) is 0 Å². The van der Waals surface area contributed by atoms with Crippen molar-refractivity contribution in [2.24, 2.45) is 0 Å². The Hall–Kier alpha value is -3.48. The molecule has 0 saturated heterocycles. The largest absolute Gasteiger partial charge is 0.524 e. The molecule has 0 atom stereocenters. The molecule has 36 heavy (non-hydrogen) atoms. The number of rotatable bonds is 8. The Morgan fingerprint density at radius 2 is 0.722 bits per heavy atom. The zero-order valence-corrected chi connectivity index (χ0v) is 20.5. The second-order valence-corrected chi connectivity index (χ2v) is 10.0. The first-order valence-corrected chi connectivity index (χ1v) is 13.7. The van der Waals surface area contributed by atoms with Gasteiger partial charge in [0.2, 0.25) is 0 Å². The van der Waals surface area contributed by atoms with Gasteiger partial charge in [-0.2, -0.15) is 0 Å². The summed E-state index contributed by atoms with van der Waals surface area (Å²) in [7, 11) is -9.40. The molecule has 4 aromatic carbocycles. The summed E-state index contributed by atoms with van der Waals surface area (Å²) in [5, 5.41) is 0. The highest BCUT2D eigenvalue weighted by Crippen LogP contribution is 2.42. The monoisotopic (exact) mass is 524 g/mol. The van der Waals surface area contributed by atoms with Gasteiger partial charge in [-0.05, 0) is 57.7 Å². The molecule has 0 aliphatic heterocycles. The van der Waals surface area contributed by atoms with Crippen molar-refractivity contribution in [1.29, 1.82) is 0 Å². The van der Waals surface area contributed by atoms with E-state index in [-0.39, 0.29) is 11.5 Å². The van der Waals surface area contributed by atoms with Crippen molar-refractivity contribution >= 4 is 26.8 Å². The van der Waals surface area contributed by atoms with Gasteiger partial charge in [0.15, 0.2) is 0 Å². The van der Waals surface area contributed by atoms with Crippen LogP contribution in [0.15, 0.2) is 109 Å². The van der Waals surface area contributed by atoms with Crippen LogP contribution in [-0.4, -0.2) is 19.6 Å². The Kier molecular flexibility index (Phi) is 7.57. The maximum atomic E-state index is 11.2. The first-order valence-electron chi connectivity index (χ1n) is 10.7. The lowest BCUT2D eigenvalue weighted by Crippen LogP contribution is -1.98. The maximum absolute atomic E-state index is 11.2.